The number of Topliss-reactive ketones (excluding diaryl/α,β-unsaturated/α-hetero) is 2. The number of unbranched alkanes of at least 4 members (excludes halogenated alkanes) is 2. The van der Waals surface area contributed by atoms with E-state index in [-0.39, 0.29) is 92.3 Å². The molecule has 19 nitrogen and oxygen atoms in total. The van der Waals surface area contributed by atoms with E-state index in [2.05, 4.69) is 31.9 Å². The summed E-state index contributed by atoms with van der Waals surface area (Å²) in [5.41, 5.74) is 5.05. The first-order valence-electron chi connectivity index (χ1n) is 27.0. The summed E-state index contributed by atoms with van der Waals surface area (Å²) in [7, 11) is 0. The molecule has 2 aromatic carbocycles. The van der Waals surface area contributed by atoms with Gasteiger partial charge in [-0.15, -0.1) is 0 Å². The Kier molecular flexibility index (Phi) is 23.5. The summed E-state index contributed by atoms with van der Waals surface area (Å²) in [6.45, 7) is 16.5. The molecule has 0 radical (unpaired) electrons. The lowest BCUT2D eigenvalue weighted by atomic mass is 9.73. The van der Waals surface area contributed by atoms with Crippen molar-refractivity contribution in [2.75, 3.05) is 19.6 Å². The van der Waals surface area contributed by atoms with Crippen molar-refractivity contribution in [2.24, 2.45) is 23.0 Å². The first kappa shape index (κ1) is 62.2. The highest BCUT2D eigenvalue weighted by Crippen LogP contribution is 2.35. The molecule has 9 N–H and O–H groups in total. The van der Waals surface area contributed by atoms with Crippen LogP contribution in [0.15, 0.2) is 53.7 Å². The zero-order valence-electron chi connectivity index (χ0n) is 46.2. The van der Waals surface area contributed by atoms with Crippen LogP contribution in [-0.4, -0.2) is 113 Å². The van der Waals surface area contributed by atoms with E-state index in [4.69, 9.17) is 15.2 Å². The second-order valence-corrected chi connectivity index (χ2v) is 23.3. The van der Waals surface area contributed by atoms with E-state index in [0.717, 1.165) is 16.3 Å². The van der Waals surface area contributed by atoms with Crippen LogP contribution in [0.3, 0.4) is 0 Å². The van der Waals surface area contributed by atoms with Crippen LogP contribution in [0.4, 0.5) is 4.79 Å². The average molecular weight is 1060 g/mol. The molecule has 4 atom stereocenters. The molecule has 5 amide bonds. The second-order valence-electron chi connectivity index (χ2n) is 23.3. The van der Waals surface area contributed by atoms with Crippen LogP contribution in [0.1, 0.15) is 158 Å². The molecule has 76 heavy (non-hydrogen) atoms. The Morgan fingerprint density at radius 2 is 1.29 bits per heavy atom. The molecule has 0 bridgehead atoms. The predicted octanol–water partition coefficient (Wildman–Crippen LogP) is 5.98. The first-order valence-corrected chi connectivity index (χ1v) is 27.0. The van der Waals surface area contributed by atoms with Crippen molar-refractivity contribution in [3.05, 3.63) is 59.3 Å². The number of allylic oxidation sites excluding steroid dienone is 2. The molecule has 4 rings (SSSR count). The van der Waals surface area contributed by atoms with Gasteiger partial charge in [0.2, 0.25) is 17.7 Å². The SMILES string of the molecule is CC(N[C@@H](CCCCN)C(=O)NCC1CCC(C(=O)N[C@H](Cc2ccc3ccccc3c2)C(=O)NCCCC[C@H](NC(=O)N[C@@H](CCC(=O)OC(C)(C)C)C(=O)OC(C)(C)C)C(=O)O)CC1)=C1C(=O)CC(C)(C)CC1=O. The maximum atomic E-state index is 13.9. The van der Waals surface area contributed by atoms with Gasteiger partial charge in [0, 0.05) is 50.4 Å². The van der Waals surface area contributed by atoms with Gasteiger partial charge in [0.15, 0.2) is 11.6 Å². The number of carboxylic acids is 1. The topological polar surface area (TPSA) is 291 Å². The Hall–Kier alpha value is -6.37. The molecule has 2 saturated carbocycles. The number of nitrogens with two attached hydrogens (primary N) is 1. The van der Waals surface area contributed by atoms with Gasteiger partial charge >= 0.3 is 23.9 Å². The number of rotatable bonds is 26. The summed E-state index contributed by atoms with van der Waals surface area (Å²) in [4.78, 5) is 118. The number of hydrogen-bond acceptors (Lipinski definition) is 13. The fourth-order valence-electron chi connectivity index (χ4n) is 9.58. The van der Waals surface area contributed by atoms with Crippen LogP contribution >= 0.6 is 0 Å². The maximum absolute atomic E-state index is 13.9. The number of esters is 2. The Labute approximate surface area is 448 Å². The van der Waals surface area contributed by atoms with Gasteiger partial charge in [0.05, 0.1) is 5.57 Å². The molecule has 0 heterocycles. The largest absolute Gasteiger partial charge is 0.480 e. The highest BCUT2D eigenvalue weighted by Gasteiger charge is 2.38. The van der Waals surface area contributed by atoms with E-state index in [1.807, 2.05) is 56.3 Å². The third-order valence-electron chi connectivity index (χ3n) is 13.4. The van der Waals surface area contributed by atoms with Crippen molar-refractivity contribution in [2.45, 2.75) is 194 Å². The number of carbonyl (C=O) groups is 9. The van der Waals surface area contributed by atoms with Gasteiger partial charge in [-0.3, -0.25) is 28.8 Å². The van der Waals surface area contributed by atoms with E-state index in [0.29, 0.717) is 70.2 Å². The molecule has 2 aromatic rings. The summed E-state index contributed by atoms with van der Waals surface area (Å²) >= 11 is 0. The van der Waals surface area contributed by atoms with Gasteiger partial charge in [-0.25, -0.2) is 14.4 Å². The van der Waals surface area contributed by atoms with E-state index in [1.54, 1.807) is 48.5 Å². The van der Waals surface area contributed by atoms with E-state index < -0.39 is 70.6 Å². The number of nitrogens with one attached hydrogen (secondary N) is 6. The van der Waals surface area contributed by atoms with Crippen molar-refractivity contribution >= 4 is 64.0 Å². The van der Waals surface area contributed by atoms with Crippen LogP contribution in [-0.2, 0) is 54.3 Å². The maximum Gasteiger partial charge on any atom is 0.329 e. The molecule has 2 aliphatic carbocycles. The highest BCUT2D eigenvalue weighted by atomic mass is 16.6. The quantitative estimate of drug-likeness (QED) is 0.0233. The number of benzene rings is 2. The van der Waals surface area contributed by atoms with Crippen molar-refractivity contribution < 1.29 is 57.7 Å². The normalized spacial score (nSPS) is 18.3. The monoisotopic (exact) mass is 1060 g/mol. The molecule has 0 spiro atoms. The Bertz CT molecular complexity index is 2390. The lowest BCUT2D eigenvalue weighted by Gasteiger charge is -2.31. The molecule has 0 saturated heterocycles. The molecule has 19 heteroatoms. The summed E-state index contributed by atoms with van der Waals surface area (Å²) < 4.78 is 10.8. The number of carbonyl (C=O) groups excluding carboxylic acids is 8. The zero-order chi connectivity index (χ0) is 56.4. The van der Waals surface area contributed by atoms with Gasteiger partial charge in [-0.1, -0.05) is 56.3 Å². The molecule has 0 aliphatic heterocycles. The van der Waals surface area contributed by atoms with Crippen molar-refractivity contribution in [1.29, 1.82) is 0 Å². The minimum Gasteiger partial charge on any atom is -0.480 e. The third-order valence-corrected chi connectivity index (χ3v) is 13.4. The number of carboxylic acid groups (broad SMARTS) is 1. The molecular formula is C57H85N7O12. The van der Waals surface area contributed by atoms with Gasteiger partial charge in [0.1, 0.15) is 35.4 Å². The summed E-state index contributed by atoms with van der Waals surface area (Å²) in [6.07, 6.45) is 5.25. The lowest BCUT2D eigenvalue weighted by molar-refractivity contribution is -0.158. The van der Waals surface area contributed by atoms with Gasteiger partial charge in [-0.2, -0.15) is 0 Å². The number of fused-ring (bicyclic) bond motifs is 1. The molecule has 2 fully saturated rings. The van der Waals surface area contributed by atoms with Crippen LogP contribution < -0.4 is 37.6 Å². The Morgan fingerprint density at radius 3 is 1.91 bits per heavy atom. The Morgan fingerprint density at radius 1 is 0.697 bits per heavy atom. The van der Waals surface area contributed by atoms with Crippen molar-refractivity contribution in [3.8, 4) is 0 Å². The molecule has 2 aliphatic rings. The molecule has 420 valence electrons. The van der Waals surface area contributed by atoms with Crippen LogP contribution in [0.5, 0.6) is 0 Å². The van der Waals surface area contributed by atoms with Crippen LogP contribution in [0.2, 0.25) is 0 Å². The molecule has 0 aromatic heterocycles. The molecule has 0 unspecified atom stereocenters. The fraction of sp³-hybridized carbons (Fsp3) is 0.632. The summed E-state index contributed by atoms with van der Waals surface area (Å²) in [5.74, 6) is -4.30. The minimum absolute atomic E-state index is 0.00951. The van der Waals surface area contributed by atoms with E-state index in [9.17, 15) is 48.3 Å². The van der Waals surface area contributed by atoms with Crippen molar-refractivity contribution in [1.82, 2.24) is 31.9 Å². The zero-order valence-corrected chi connectivity index (χ0v) is 46.2. The number of amides is 5. The number of ether oxygens (including phenoxy) is 2. The first-order chi connectivity index (χ1) is 35.6. The second kappa shape index (κ2) is 28.7. The number of ketones is 2. The number of urea groups is 1. The van der Waals surface area contributed by atoms with Crippen LogP contribution in [0.25, 0.3) is 10.8 Å². The van der Waals surface area contributed by atoms with Gasteiger partial charge in [-0.05, 0) is 153 Å². The highest BCUT2D eigenvalue weighted by molar-refractivity contribution is 6.22. The average Bonchev–Trinajstić information content (AvgIpc) is 3.31. The van der Waals surface area contributed by atoms with Crippen LogP contribution in [0, 0.1) is 17.3 Å². The third kappa shape index (κ3) is 21.3. The van der Waals surface area contributed by atoms with Gasteiger partial charge in [0.25, 0.3) is 0 Å². The van der Waals surface area contributed by atoms with E-state index >= 15 is 0 Å². The van der Waals surface area contributed by atoms with Crippen molar-refractivity contribution in [3.63, 3.8) is 0 Å². The Balaban J connectivity index is 1.32. The number of hydrogen-bond donors (Lipinski definition) is 8. The fourth-order valence-corrected chi connectivity index (χ4v) is 9.58. The predicted molar refractivity (Wildman–Crippen MR) is 288 cm³/mol. The lowest BCUT2D eigenvalue weighted by Crippen LogP contribution is -2.52. The number of aliphatic carboxylic acids is 1. The van der Waals surface area contributed by atoms with E-state index in [1.165, 1.54) is 0 Å². The van der Waals surface area contributed by atoms with Gasteiger partial charge < -0.3 is 52.2 Å². The standard InChI is InChI=1S/C57H85N7O12/c1-35(48-45(65)32-57(8,9)33-46(48)66)61-41(18-12-14-28-58)50(69)60-34-36-20-24-39(25-21-36)49(68)62-44(31-37-22-23-38-16-10-11-17-40(38)30-37)51(70)59-29-15-13-19-42(52(71)72)63-54(74)64-43(53(73)76-56(5,6)7)26-27-47(67)75-55(2,3)4/h10-11,16-17,22-23,30,36,39,41-44,61H,12-15,18-21,24-29,31-34,58H2,1-9H3,(H,59,70)(H,60,69)(H,62,68)(H,71,72)(H2,63,64,74)/t36?,39?,41-,42-,43-,44+/m0/s1. The molecular weight excluding hydrogens is 975 g/mol. The summed E-state index contributed by atoms with van der Waals surface area (Å²) in [5, 5.41) is 29.0. The smallest absolute Gasteiger partial charge is 0.329 e. The summed E-state index contributed by atoms with van der Waals surface area (Å²) in [6, 6.07) is 8.54. The minimum atomic E-state index is -1.35.